The highest BCUT2D eigenvalue weighted by Crippen LogP contribution is 2.31. The van der Waals surface area contributed by atoms with Gasteiger partial charge in [-0.15, -0.1) is 0 Å². The van der Waals surface area contributed by atoms with Crippen molar-refractivity contribution in [2.75, 3.05) is 6.54 Å². The Labute approximate surface area is 122 Å². The monoisotopic (exact) mass is 273 g/mol. The molecule has 1 aromatic carbocycles. The van der Waals surface area contributed by atoms with Gasteiger partial charge in [-0.25, -0.2) is 0 Å². The normalized spacial score (nSPS) is 32.8. The van der Waals surface area contributed by atoms with Crippen LogP contribution in [0.4, 0.5) is 0 Å². The summed E-state index contributed by atoms with van der Waals surface area (Å²) in [6, 6.07) is 7.21. The van der Waals surface area contributed by atoms with Crippen LogP contribution in [0.2, 0.25) is 0 Å². The van der Waals surface area contributed by atoms with Crippen molar-refractivity contribution >= 4 is 0 Å². The van der Waals surface area contributed by atoms with Crippen LogP contribution in [0.25, 0.3) is 0 Å². The van der Waals surface area contributed by atoms with Gasteiger partial charge in [-0.2, -0.15) is 0 Å². The molecule has 1 aromatic rings. The van der Waals surface area contributed by atoms with Gasteiger partial charge in [0.05, 0.1) is 0 Å². The minimum absolute atomic E-state index is 0.321. The smallest absolute Gasteiger partial charge is 0.123 e. The van der Waals surface area contributed by atoms with E-state index in [1.807, 2.05) is 0 Å². The molecule has 1 N–H and O–H groups in total. The van der Waals surface area contributed by atoms with Crippen molar-refractivity contribution in [2.45, 2.75) is 58.6 Å². The number of hydrogen-bond donors (Lipinski definition) is 1. The molecule has 4 atom stereocenters. The third-order valence-corrected chi connectivity index (χ3v) is 5.19. The molecule has 0 spiro atoms. The number of aryl methyl sites for hydroxylation is 1. The molecule has 2 aliphatic rings. The predicted octanol–water partition coefficient (Wildman–Crippen LogP) is 3.71. The first-order valence-corrected chi connectivity index (χ1v) is 8.11. The van der Waals surface area contributed by atoms with E-state index in [0.29, 0.717) is 12.1 Å². The van der Waals surface area contributed by atoms with Crippen molar-refractivity contribution in [3.8, 4) is 5.75 Å². The van der Waals surface area contributed by atoms with Crippen molar-refractivity contribution in [3.05, 3.63) is 29.3 Å². The molecule has 0 radical (unpaired) electrons. The van der Waals surface area contributed by atoms with Crippen LogP contribution in [0.3, 0.4) is 0 Å². The van der Waals surface area contributed by atoms with Crippen LogP contribution in [0.15, 0.2) is 18.2 Å². The van der Waals surface area contributed by atoms with E-state index >= 15 is 0 Å². The molecule has 1 aliphatic carbocycles. The Morgan fingerprint density at radius 3 is 2.85 bits per heavy atom. The molecule has 1 heterocycles. The Bertz CT molecular complexity index is 470. The summed E-state index contributed by atoms with van der Waals surface area (Å²) in [4.78, 5) is 0. The zero-order chi connectivity index (χ0) is 14.1. The van der Waals surface area contributed by atoms with Gasteiger partial charge in [0.2, 0.25) is 0 Å². The molecule has 0 bridgehead atoms. The summed E-state index contributed by atoms with van der Waals surface area (Å²) in [6.45, 7) is 7.92. The molecule has 2 heteroatoms. The molecular formula is C18H27NO. The highest BCUT2D eigenvalue weighted by atomic mass is 16.5. The average Bonchev–Trinajstić information content (AvgIpc) is 2.82. The number of benzene rings is 1. The van der Waals surface area contributed by atoms with Gasteiger partial charge in [-0.1, -0.05) is 31.5 Å². The second kappa shape index (κ2) is 5.77. The van der Waals surface area contributed by atoms with Crippen LogP contribution in [0, 0.1) is 18.8 Å². The van der Waals surface area contributed by atoms with Crippen molar-refractivity contribution < 1.29 is 4.74 Å². The van der Waals surface area contributed by atoms with Crippen LogP contribution in [0.1, 0.15) is 44.2 Å². The average molecular weight is 273 g/mol. The lowest BCUT2D eigenvalue weighted by Crippen LogP contribution is -2.41. The molecule has 1 saturated carbocycles. The van der Waals surface area contributed by atoms with Crippen molar-refractivity contribution in [1.82, 2.24) is 5.32 Å². The minimum atomic E-state index is 0.321. The first kappa shape index (κ1) is 13.9. The largest absolute Gasteiger partial charge is 0.488 e. The van der Waals surface area contributed by atoms with Gasteiger partial charge in [0.1, 0.15) is 11.9 Å². The van der Waals surface area contributed by atoms with E-state index in [2.05, 4.69) is 44.3 Å². The van der Waals surface area contributed by atoms with Gasteiger partial charge in [-0.3, -0.25) is 0 Å². The predicted molar refractivity (Wildman–Crippen MR) is 83.3 cm³/mol. The van der Waals surface area contributed by atoms with E-state index in [1.54, 1.807) is 0 Å². The molecule has 0 aromatic heterocycles. The van der Waals surface area contributed by atoms with Crippen LogP contribution in [-0.2, 0) is 6.42 Å². The van der Waals surface area contributed by atoms with Crippen LogP contribution >= 0.6 is 0 Å². The second-order valence-electron chi connectivity index (χ2n) is 6.93. The van der Waals surface area contributed by atoms with Crippen LogP contribution < -0.4 is 10.1 Å². The minimum Gasteiger partial charge on any atom is -0.488 e. The van der Waals surface area contributed by atoms with E-state index in [9.17, 15) is 0 Å². The number of ether oxygens (including phenoxy) is 1. The zero-order valence-electron chi connectivity index (χ0n) is 13.0. The highest BCUT2D eigenvalue weighted by molar-refractivity contribution is 5.40. The molecule has 3 rings (SSSR count). The quantitative estimate of drug-likeness (QED) is 0.906. The third kappa shape index (κ3) is 3.01. The van der Waals surface area contributed by atoms with Crippen LogP contribution in [-0.4, -0.2) is 18.7 Å². The Kier molecular flexibility index (Phi) is 4.02. The third-order valence-electron chi connectivity index (χ3n) is 5.19. The molecule has 0 amide bonds. The van der Waals surface area contributed by atoms with E-state index < -0.39 is 0 Å². The fourth-order valence-electron chi connectivity index (χ4n) is 3.59. The van der Waals surface area contributed by atoms with Crippen molar-refractivity contribution in [2.24, 2.45) is 11.8 Å². The maximum Gasteiger partial charge on any atom is 0.123 e. The summed E-state index contributed by atoms with van der Waals surface area (Å²) in [7, 11) is 0. The van der Waals surface area contributed by atoms with Gasteiger partial charge in [0, 0.05) is 19.0 Å². The number of hydrogen-bond acceptors (Lipinski definition) is 2. The summed E-state index contributed by atoms with van der Waals surface area (Å²) >= 11 is 0. The SMILES string of the molecule is Cc1ccc2c(c1)CC(CNC1CCC(C)C(C)C1)O2. The van der Waals surface area contributed by atoms with Gasteiger partial charge in [0.15, 0.2) is 0 Å². The number of fused-ring (bicyclic) bond motifs is 1. The van der Waals surface area contributed by atoms with Crippen molar-refractivity contribution in [1.29, 1.82) is 0 Å². The number of rotatable bonds is 3. The standard InChI is InChI=1S/C18H27NO/c1-12-4-7-18-15(8-12)10-17(20-18)11-19-16-6-5-13(2)14(3)9-16/h4,7-8,13-14,16-17,19H,5-6,9-11H2,1-3H3. The fraction of sp³-hybridized carbons (Fsp3) is 0.667. The highest BCUT2D eigenvalue weighted by Gasteiger charge is 2.27. The summed E-state index contributed by atoms with van der Waals surface area (Å²) < 4.78 is 6.04. The molecule has 20 heavy (non-hydrogen) atoms. The van der Waals surface area contributed by atoms with Crippen LogP contribution in [0.5, 0.6) is 5.75 Å². The Hall–Kier alpha value is -1.02. The van der Waals surface area contributed by atoms with Gasteiger partial charge >= 0.3 is 0 Å². The van der Waals surface area contributed by atoms with Crippen molar-refractivity contribution in [3.63, 3.8) is 0 Å². The van der Waals surface area contributed by atoms with E-state index in [4.69, 9.17) is 4.74 Å². The zero-order valence-corrected chi connectivity index (χ0v) is 13.0. The van der Waals surface area contributed by atoms with Gasteiger partial charge < -0.3 is 10.1 Å². The first-order valence-electron chi connectivity index (χ1n) is 8.11. The summed E-state index contributed by atoms with van der Waals surface area (Å²) in [5.74, 6) is 2.83. The molecule has 110 valence electrons. The van der Waals surface area contributed by atoms with Gasteiger partial charge in [-0.05, 0) is 49.7 Å². The summed E-state index contributed by atoms with van der Waals surface area (Å²) in [5, 5.41) is 3.74. The van der Waals surface area contributed by atoms with E-state index in [-0.39, 0.29) is 0 Å². The Morgan fingerprint density at radius 1 is 1.20 bits per heavy atom. The van der Waals surface area contributed by atoms with E-state index in [0.717, 1.165) is 30.6 Å². The summed E-state index contributed by atoms with van der Waals surface area (Å²) in [6.07, 6.45) is 5.39. The molecule has 0 saturated heterocycles. The molecule has 1 aliphatic heterocycles. The topological polar surface area (TPSA) is 21.3 Å². The van der Waals surface area contributed by atoms with Gasteiger partial charge in [0.25, 0.3) is 0 Å². The fourth-order valence-corrected chi connectivity index (χ4v) is 3.59. The Morgan fingerprint density at radius 2 is 2.05 bits per heavy atom. The number of nitrogens with one attached hydrogen (secondary N) is 1. The van der Waals surface area contributed by atoms with E-state index in [1.165, 1.54) is 30.4 Å². The maximum atomic E-state index is 6.04. The lowest BCUT2D eigenvalue weighted by molar-refractivity contribution is 0.188. The molecular weight excluding hydrogens is 246 g/mol. The molecule has 2 nitrogen and oxygen atoms in total. The molecule has 4 unspecified atom stereocenters. The summed E-state index contributed by atoms with van der Waals surface area (Å²) in [5.41, 5.74) is 2.71. The maximum absolute atomic E-state index is 6.04. The Balaban J connectivity index is 1.49. The lowest BCUT2D eigenvalue weighted by Gasteiger charge is -2.33. The molecule has 1 fully saturated rings. The lowest BCUT2D eigenvalue weighted by atomic mass is 9.79. The first-order chi connectivity index (χ1) is 9.61. The second-order valence-corrected chi connectivity index (χ2v) is 6.93.